The molecule has 0 aromatic heterocycles. The van der Waals surface area contributed by atoms with Gasteiger partial charge in [-0.25, -0.2) is 0 Å². The molecule has 0 fully saturated rings. The molecule has 0 aliphatic heterocycles. The van der Waals surface area contributed by atoms with E-state index in [-0.39, 0.29) is 0 Å². The van der Waals surface area contributed by atoms with Crippen LogP contribution < -0.4 is 9.80 Å². The van der Waals surface area contributed by atoms with Gasteiger partial charge in [0.25, 0.3) is 0 Å². The van der Waals surface area contributed by atoms with Gasteiger partial charge < -0.3 is 9.80 Å². The number of benzene rings is 12. The second-order valence-corrected chi connectivity index (χ2v) is 19.1. The second kappa shape index (κ2) is 16.7. The van der Waals surface area contributed by atoms with Crippen molar-refractivity contribution in [3.8, 4) is 11.1 Å². The maximum atomic E-state index is 2.49. The van der Waals surface area contributed by atoms with Gasteiger partial charge in [-0.1, -0.05) is 231 Å². The number of fused-ring (bicyclic) bond motifs is 7. The van der Waals surface area contributed by atoms with Gasteiger partial charge in [0.1, 0.15) is 0 Å². The standard InChI is InChI=1S/C70H48N2/c1-4-27-53(28-5-1)69-60-35-15-14-33-58(60)59-34-22-40-65(68(59)69)70(62-37-17-16-36-61(62)69,63-38-18-20-41-66(63)71(54-29-6-2-7-30-54)56-45-43-49-23-10-12-25-51(49)47-56)64-39-19-21-42-67(64)72(55-31-8-3-9-32-55)57-46-44-50-24-11-13-26-52(50)48-57/h1-48H. The highest BCUT2D eigenvalue weighted by atomic mass is 15.2. The van der Waals surface area contributed by atoms with E-state index in [0.717, 1.165) is 34.1 Å². The molecular formula is C70H48N2. The van der Waals surface area contributed by atoms with Crippen LogP contribution in [0.4, 0.5) is 34.1 Å². The van der Waals surface area contributed by atoms with Crippen molar-refractivity contribution in [2.24, 2.45) is 0 Å². The molecule has 2 aliphatic rings. The van der Waals surface area contributed by atoms with Gasteiger partial charge in [-0.3, -0.25) is 0 Å². The highest BCUT2D eigenvalue weighted by Gasteiger charge is 2.58. The molecule has 0 radical (unpaired) electrons. The van der Waals surface area contributed by atoms with Crippen LogP contribution in [0.15, 0.2) is 291 Å². The van der Waals surface area contributed by atoms with Crippen LogP contribution in [0.5, 0.6) is 0 Å². The fraction of sp³-hybridized carbons (Fsp3) is 0.0286. The lowest BCUT2D eigenvalue weighted by Crippen LogP contribution is -2.45. The van der Waals surface area contributed by atoms with Crippen LogP contribution in [0.1, 0.15) is 44.5 Å². The molecule has 0 bridgehead atoms. The third kappa shape index (κ3) is 6.09. The summed E-state index contributed by atoms with van der Waals surface area (Å²) in [5.74, 6) is 0. The average Bonchev–Trinajstić information content (AvgIpc) is 3.77. The molecule has 2 aliphatic carbocycles. The van der Waals surface area contributed by atoms with E-state index in [9.17, 15) is 0 Å². The van der Waals surface area contributed by atoms with E-state index in [0.29, 0.717) is 0 Å². The first-order chi connectivity index (χ1) is 35.7. The molecule has 0 spiro atoms. The molecular weight excluding hydrogens is 869 g/mol. The smallest absolute Gasteiger partial charge is 0.0748 e. The topological polar surface area (TPSA) is 6.48 Å². The Morgan fingerprint density at radius 2 is 0.611 bits per heavy atom. The molecule has 1 unspecified atom stereocenters. The molecule has 0 saturated heterocycles. The van der Waals surface area contributed by atoms with Crippen molar-refractivity contribution in [3.63, 3.8) is 0 Å². The molecule has 2 nitrogen and oxygen atoms in total. The number of nitrogens with zero attached hydrogens (tertiary/aromatic N) is 2. The van der Waals surface area contributed by atoms with Crippen LogP contribution >= 0.6 is 0 Å². The Balaban J connectivity index is 1.17. The molecule has 0 heterocycles. The number of para-hydroxylation sites is 4. The van der Waals surface area contributed by atoms with Crippen LogP contribution in [-0.4, -0.2) is 0 Å². The summed E-state index contributed by atoms with van der Waals surface area (Å²) in [7, 11) is 0. The van der Waals surface area contributed by atoms with Crippen molar-refractivity contribution in [1.82, 2.24) is 0 Å². The summed E-state index contributed by atoms with van der Waals surface area (Å²) in [6, 6.07) is 108. The molecule has 0 amide bonds. The molecule has 1 atom stereocenters. The number of rotatable bonds is 9. The predicted molar refractivity (Wildman–Crippen MR) is 300 cm³/mol. The predicted octanol–water partition coefficient (Wildman–Crippen LogP) is 18.0. The van der Waals surface area contributed by atoms with Crippen molar-refractivity contribution >= 4 is 55.7 Å². The Labute approximate surface area is 421 Å². The first-order valence-electron chi connectivity index (χ1n) is 25.0. The van der Waals surface area contributed by atoms with E-state index in [2.05, 4.69) is 301 Å². The Morgan fingerprint density at radius 1 is 0.222 bits per heavy atom. The SMILES string of the molecule is c1ccc(N(c2ccc3ccccc3c2)c2ccccc2C2(c3ccccc3N(c3ccccc3)c3ccc4ccccc4c3)c3ccccc3C3(c4ccccc4)c4ccccc4-c4cccc2c43)cc1. The Bertz CT molecular complexity index is 3840. The zero-order valence-electron chi connectivity index (χ0n) is 39.6. The minimum atomic E-state index is -0.913. The summed E-state index contributed by atoms with van der Waals surface area (Å²) < 4.78 is 0. The Morgan fingerprint density at radius 3 is 1.15 bits per heavy atom. The minimum Gasteiger partial charge on any atom is -0.310 e. The molecule has 338 valence electrons. The lowest BCUT2D eigenvalue weighted by Gasteiger charge is -2.51. The average molecular weight is 917 g/mol. The number of hydrogen-bond acceptors (Lipinski definition) is 2. The Kier molecular flexibility index (Phi) is 9.69. The van der Waals surface area contributed by atoms with Crippen LogP contribution in [0, 0.1) is 0 Å². The van der Waals surface area contributed by atoms with E-state index in [1.165, 1.54) is 77.2 Å². The van der Waals surface area contributed by atoms with Crippen LogP contribution in [0.2, 0.25) is 0 Å². The van der Waals surface area contributed by atoms with Crippen molar-refractivity contribution in [2.75, 3.05) is 9.80 Å². The highest BCUT2D eigenvalue weighted by Crippen LogP contribution is 2.67. The van der Waals surface area contributed by atoms with Crippen molar-refractivity contribution in [1.29, 1.82) is 0 Å². The van der Waals surface area contributed by atoms with Gasteiger partial charge in [0.2, 0.25) is 0 Å². The van der Waals surface area contributed by atoms with Crippen LogP contribution in [0.3, 0.4) is 0 Å². The zero-order valence-corrected chi connectivity index (χ0v) is 39.6. The van der Waals surface area contributed by atoms with E-state index < -0.39 is 10.8 Å². The number of hydrogen-bond donors (Lipinski definition) is 0. The van der Waals surface area contributed by atoms with Crippen LogP contribution in [0.25, 0.3) is 32.7 Å². The molecule has 72 heavy (non-hydrogen) atoms. The van der Waals surface area contributed by atoms with Gasteiger partial charge in [-0.15, -0.1) is 0 Å². The monoisotopic (exact) mass is 916 g/mol. The molecule has 0 saturated carbocycles. The molecule has 12 aromatic rings. The van der Waals surface area contributed by atoms with Crippen molar-refractivity contribution < 1.29 is 0 Å². The lowest BCUT2D eigenvalue weighted by molar-refractivity contribution is 0.627. The van der Waals surface area contributed by atoms with Gasteiger partial charge in [0.05, 0.1) is 22.2 Å². The van der Waals surface area contributed by atoms with Gasteiger partial charge in [-0.05, 0) is 138 Å². The van der Waals surface area contributed by atoms with E-state index in [4.69, 9.17) is 0 Å². The highest BCUT2D eigenvalue weighted by molar-refractivity contribution is 5.97. The third-order valence-electron chi connectivity index (χ3n) is 15.5. The van der Waals surface area contributed by atoms with E-state index in [1.807, 2.05) is 0 Å². The first kappa shape index (κ1) is 41.7. The zero-order chi connectivity index (χ0) is 47.6. The first-order valence-corrected chi connectivity index (χ1v) is 25.0. The summed E-state index contributed by atoms with van der Waals surface area (Å²) in [5.41, 5.74) is 17.6. The summed E-state index contributed by atoms with van der Waals surface area (Å²) >= 11 is 0. The third-order valence-corrected chi connectivity index (χ3v) is 15.5. The molecule has 2 heteroatoms. The summed E-state index contributed by atoms with van der Waals surface area (Å²) in [6.07, 6.45) is 0. The Hall–Kier alpha value is -9.24. The van der Waals surface area contributed by atoms with Crippen molar-refractivity contribution in [3.05, 3.63) is 336 Å². The minimum absolute atomic E-state index is 0.608. The maximum absolute atomic E-state index is 2.49. The fourth-order valence-electron chi connectivity index (χ4n) is 12.7. The molecule has 14 rings (SSSR count). The quantitative estimate of drug-likeness (QED) is 0.142. The summed E-state index contributed by atoms with van der Waals surface area (Å²) in [5, 5.41) is 4.80. The summed E-state index contributed by atoms with van der Waals surface area (Å²) in [4.78, 5) is 4.98. The fourth-order valence-corrected chi connectivity index (χ4v) is 12.7. The van der Waals surface area contributed by atoms with Gasteiger partial charge >= 0.3 is 0 Å². The normalized spacial score (nSPS) is 14.8. The van der Waals surface area contributed by atoms with Gasteiger partial charge in [0, 0.05) is 22.7 Å². The lowest BCUT2D eigenvalue weighted by atomic mass is 9.51. The van der Waals surface area contributed by atoms with E-state index in [1.54, 1.807) is 0 Å². The van der Waals surface area contributed by atoms with Gasteiger partial charge in [-0.2, -0.15) is 0 Å². The van der Waals surface area contributed by atoms with E-state index >= 15 is 0 Å². The molecule has 0 N–H and O–H groups in total. The second-order valence-electron chi connectivity index (χ2n) is 19.1. The van der Waals surface area contributed by atoms with Crippen LogP contribution in [-0.2, 0) is 10.8 Å². The summed E-state index contributed by atoms with van der Waals surface area (Å²) in [6.45, 7) is 0. The van der Waals surface area contributed by atoms with Gasteiger partial charge in [0.15, 0.2) is 0 Å². The molecule has 12 aromatic carbocycles. The largest absolute Gasteiger partial charge is 0.310 e. The van der Waals surface area contributed by atoms with Crippen molar-refractivity contribution in [2.45, 2.75) is 10.8 Å². The number of anilines is 6. The maximum Gasteiger partial charge on any atom is 0.0748 e.